The highest BCUT2D eigenvalue weighted by atomic mass is 16.2. The Labute approximate surface area is 94.7 Å². The van der Waals surface area contributed by atoms with Crippen LogP contribution in [0.4, 0.5) is 10.5 Å². The molecule has 0 N–H and O–H groups in total. The van der Waals surface area contributed by atoms with E-state index in [1.165, 1.54) is 0 Å². The second-order valence-electron chi connectivity index (χ2n) is 3.87. The van der Waals surface area contributed by atoms with Crippen molar-refractivity contribution in [2.45, 2.75) is 6.42 Å². The number of rotatable bonds is 1. The van der Waals surface area contributed by atoms with Crippen molar-refractivity contribution in [3.8, 4) is 6.07 Å². The molecule has 2 amide bonds. The van der Waals surface area contributed by atoms with Crippen molar-refractivity contribution in [2.75, 3.05) is 25.0 Å². The van der Waals surface area contributed by atoms with Crippen LogP contribution in [0.1, 0.15) is 12.0 Å². The van der Waals surface area contributed by atoms with E-state index < -0.39 is 0 Å². The number of carbonyl (C=O) groups is 1. The lowest BCUT2D eigenvalue weighted by Gasteiger charge is -2.33. The third kappa shape index (κ3) is 1.84. The molecule has 2 rings (SSSR count). The Morgan fingerprint density at radius 3 is 2.94 bits per heavy atom. The van der Waals surface area contributed by atoms with Crippen molar-refractivity contribution in [3.05, 3.63) is 29.8 Å². The van der Waals surface area contributed by atoms with E-state index in [9.17, 15) is 4.79 Å². The van der Waals surface area contributed by atoms with Gasteiger partial charge in [0.2, 0.25) is 0 Å². The molecular formula is C12H13N3O. The van der Waals surface area contributed by atoms with Crippen LogP contribution in [0, 0.1) is 11.3 Å². The number of benzene rings is 1. The number of carbonyl (C=O) groups excluding carboxylic acids is 1. The van der Waals surface area contributed by atoms with Gasteiger partial charge in [-0.05, 0) is 24.6 Å². The van der Waals surface area contributed by atoms with Gasteiger partial charge in [-0.3, -0.25) is 4.90 Å². The van der Waals surface area contributed by atoms with E-state index in [1.807, 2.05) is 6.07 Å². The van der Waals surface area contributed by atoms with Gasteiger partial charge in [0, 0.05) is 25.8 Å². The van der Waals surface area contributed by atoms with Crippen LogP contribution < -0.4 is 4.90 Å². The van der Waals surface area contributed by atoms with Crippen LogP contribution in [-0.2, 0) is 0 Å². The SMILES string of the molecule is CN1CCCN(c2cccc(C#N)c2)C1=O. The van der Waals surface area contributed by atoms with Gasteiger partial charge in [-0.25, -0.2) is 4.79 Å². The summed E-state index contributed by atoms with van der Waals surface area (Å²) in [6.07, 6.45) is 0.957. The van der Waals surface area contributed by atoms with E-state index in [2.05, 4.69) is 6.07 Å². The van der Waals surface area contributed by atoms with Gasteiger partial charge < -0.3 is 4.90 Å². The normalized spacial score (nSPS) is 16.1. The quantitative estimate of drug-likeness (QED) is 0.717. The molecule has 1 aromatic rings. The minimum Gasteiger partial charge on any atom is -0.327 e. The van der Waals surface area contributed by atoms with Gasteiger partial charge in [0.25, 0.3) is 0 Å². The van der Waals surface area contributed by atoms with Crippen LogP contribution in [0.5, 0.6) is 0 Å². The fourth-order valence-corrected chi connectivity index (χ4v) is 1.85. The number of amides is 2. The monoisotopic (exact) mass is 215 g/mol. The molecule has 0 aromatic heterocycles. The topological polar surface area (TPSA) is 47.3 Å². The smallest absolute Gasteiger partial charge is 0.324 e. The standard InChI is InChI=1S/C12H13N3O/c1-14-6-3-7-15(12(14)16)11-5-2-4-10(8-11)9-13/h2,4-5,8H,3,6-7H2,1H3. The van der Waals surface area contributed by atoms with E-state index in [1.54, 1.807) is 35.0 Å². The molecule has 16 heavy (non-hydrogen) atoms. The molecule has 1 saturated heterocycles. The van der Waals surface area contributed by atoms with Gasteiger partial charge in [0.1, 0.15) is 0 Å². The minimum atomic E-state index is 0.00124. The Morgan fingerprint density at radius 1 is 1.38 bits per heavy atom. The summed E-state index contributed by atoms with van der Waals surface area (Å²) in [4.78, 5) is 15.3. The summed E-state index contributed by atoms with van der Waals surface area (Å²) in [6.45, 7) is 1.52. The van der Waals surface area contributed by atoms with Gasteiger partial charge in [0.05, 0.1) is 11.6 Å². The fraction of sp³-hybridized carbons (Fsp3) is 0.333. The van der Waals surface area contributed by atoms with E-state index in [0.717, 1.165) is 25.2 Å². The Hall–Kier alpha value is -2.02. The largest absolute Gasteiger partial charge is 0.327 e. The first-order valence-corrected chi connectivity index (χ1v) is 5.25. The predicted molar refractivity (Wildman–Crippen MR) is 61.1 cm³/mol. The lowest BCUT2D eigenvalue weighted by atomic mass is 10.2. The Morgan fingerprint density at radius 2 is 2.19 bits per heavy atom. The first-order valence-electron chi connectivity index (χ1n) is 5.25. The maximum absolute atomic E-state index is 11.9. The predicted octanol–water partition coefficient (Wildman–Crippen LogP) is 1.82. The van der Waals surface area contributed by atoms with Crippen LogP contribution in [0.15, 0.2) is 24.3 Å². The molecule has 1 heterocycles. The number of anilines is 1. The zero-order valence-electron chi connectivity index (χ0n) is 9.18. The molecule has 82 valence electrons. The molecule has 0 aliphatic carbocycles. The third-order valence-electron chi connectivity index (χ3n) is 2.72. The third-order valence-corrected chi connectivity index (χ3v) is 2.72. The summed E-state index contributed by atoms with van der Waals surface area (Å²) in [7, 11) is 1.79. The van der Waals surface area contributed by atoms with Crippen molar-refractivity contribution in [1.29, 1.82) is 5.26 Å². The second kappa shape index (κ2) is 4.23. The Balaban J connectivity index is 2.29. The fourth-order valence-electron chi connectivity index (χ4n) is 1.85. The summed E-state index contributed by atoms with van der Waals surface area (Å²) in [5.41, 5.74) is 1.38. The number of nitriles is 1. The van der Waals surface area contributed by atoms with Crippen molar-refractivity contribution < 1.29 is 4.79 Å². The lowest BCUT2D eigenvalue weighted by Crippen LogP contribution is -2.47. The lowest BCUT2D eigenvalue weighted by molar-refractivity contribution is 0.207. The molecule has 4 heteroatoms. The highest BCUT2D eigenvalue weighted by molar-refractivity contribution is 5.92. The number of nitrogens with zero attached hydrogens (tertiary/aromatic N) is 3. The Bertz CT molecular complexity index is 450. The molecular weight excluding hydrogens is 202 g/mol. The summed E-state index contributed by atoms with van der Waals surface area (Å²) in [5, 5.41) is 8.81. The average molecular weight is 215 g/mol. The van der Waals surface area contributed by atoms with Crippen LogP contribution in [0.25, 0.3) is 0 Å². The molecule has 0 radical (unpaired) electrons. The van der Waals surface area contributed by atoms with E-state index in [4.69, 9.17) is 5.26 Å². The number of hydrogen-bond donors (Lipinski definition) is 0. The molecule has 0 unspecified atom stereocenters. The summed E-state index contributed by atoms with van der Waals surface area (Å²) in [5.74, 6) is 0. The van der Waals surface area contributed by atoms with Gasteiger partial charge in [0.15, 0.2) is 0 Å². The number of hydrogen-bond acceptors (Lipinski definition) is 2. The molecule has 0 atom stereocenters. The molecule has 1 fully saturated rings. The van der Waals surface area contributed by atoms with Crippen LogP contribution >= 0.6 is 0 Å². The first kappa shape index (κ1) is 10.5. The van der Waals surface area contributed by atoms with Crippen molar-refractivity contribution in [1.82, 2.24) is 4.90 Å². The van der Waals surface area contributed by atoms with Crippen molar-refractivity contribution in [3.63, 3.8) is 0 Å². The second-order valence-corrected chi connectivity index (χ2v) is 3.87. The maximum Gasteiger partial charge on any atom is 0.324 e. The zero-order chi connectivity index (χ0) is 11.5. The molecule has 0 saturated carbocycles. The van der Waals surface area contributed by atoms with E-state index in [0.29, 0.717) is 5.56 Å². The molecule has 1 aliphatic heterocycles. The van der Waals surface area contributed by atoms with Crippen LogP contribution in [0.2, 0.25) is 0 Å². The zero-order valence-corrected chi connectivity index (χ0v) is 9.18. The summed E-state index contributed by atoms with van der Waals surface area (Å²) < 4.78 is 0. The van der Waals surface area contributed by atoms with Gasteiger partial charge in [-0.2, -0.15) is 5.26 Å². The highest BCUT2D eigenvalue weighted by Crippen LogP contribution is 2.20. The van der Waals surface area contributed by atoms with Crippen molar-refractivity contribution in [2.24, 2.45) is 0 Å². The van der Waals surface area contributed by atoms with E-state index >= 15 is 0 Å². The first-order chi connectivity index (χ1) is 7.72. The average Bonchev–Trinajstić information content (AvgIpc) is 2.33. The van der Waals surface area contributed by atoms with E-state index in [-0.39, 0.29) is 6.03 Å². The summed E-state index contributed by atoms with van der Waals surface area (Å²) in [6, 6.07) is 9.23. The van der Waals surface area contributed by atoms with Gasteiger partial charge >= 0.3 is 6.03 Å². The molecule has 4 nitrogen and oxygen atoms in total. The van der Waals surface area contributed by atoms with Crippen LogP contribution in [-0.4, -0.2) is 31.1 Å². The number of urea groups is 1. The molecule has 1 aromatic carbocycles. The highest BCUT2D eigenvalue weighted by Gasteiger charge is 2.23. The Kier molecular flexibility index (Phi) is 2.78. The van der Waals surface area contributed by atoms with Crippen molar-refractivity contribution >= 4 is 11.7 Å². The molecule has 1 aliphatic rings. The molecule has 0 spiro atoms. The summed E-state index contributed by atoms with van der Waals surface area (Å²) >= 11 is 0. The minimum absolute atomic E-state index is 0.00124. The van der Waals surface area contributed by atoms with Gasteiger partial charge in [-0.15, -0.1) is 0 Å². The maximum atomic E-state index is 11.9. The van der Waals surface area contributed by atoms with Crippen LogP contribution in [0.3, 0.4) is 0 Å². The van der Waals surface area contributed by atoms with Gasteiger partial charge in [-0.1, -0.05) is 6.07 Å². The molecule has 0 bridgehead atoms.